The summed E-state index contributed by atoms with van der Waals surface area (Å²) in [4.78, 5) is 18.1. The molecule has 5 nitrogen and oxygen atoms in total. The SMILES string of the molecule is CCSCCCN1CC[C@@H](CCC(F)c2ccnc3ccc(OC)cc23)[C@@H](CCC(=O)O)C1. The number of aliphatic carboxylic acids is 1. The largest absolute Gasteiger partial charge is 0.497 e. The van der Waals surface area contributed by atoms with Crippen LogP contribution in [0.3, 0.4) is 0 Å². The van der Waals surface area contributed by atoms with Crippen LogP contribution in [0.25, 0.3) is 10.9 Å². The number of halogens is 1. The topological polar surface area (TPSA) is 62.7 Å². The van der Waals surface area contributed by atoms with Crippen LogP contribution in [-0.4, -0.2) is 59.2 Å². The van der Waals surface area contributed by atoms with Crippen LogP contribution in [0.2, 0.25) is 0 Å². The summed E-state index contributed by atoms with van der Waals surface area (Å²) >= 11 is 1.97. The summed E-state index contributed by atoms with van der Waals surface area (Å²) < 4.78 is 20.8. The number of ether oxygens (including phenoxy) is 1. The van der Waals surface area contributed by atoms with Gasteiger partial charge in [-0.15, -0.1) is 0 Å². The number of pyridine rings is 1. The summed E-state index contributed by atoms with van der Waals surface area (Å²) in [5, 5.41) is 10.0. The third-order valence-electron chi connectivity index (χ3n) is 6.78. The van der Waals surface area contributed by atoms with E-state index in [0.29, 0.717) is 36.0 Å². The number of aromatic nitrogens is 1. The summed E-state index contributed by atoms with van der Waals surface area (Å²) in [6.07, 6.45) is 4.86. The van der Waals surface area contributed by atoms with Crippen molar-refractivity contribution in [2.75, 3.05) is 38.2 Å². The van der Waals surface area contributed by atoms with E-state index < -0.39 is 12.1 Å². The van der Waals surface area contributed by atoms with Gasteiger partial charge in [0.1, 0.15) is 11.9 Å². The minimum atomic E-state index is -1.08. The van der Waals surface area contributed by atoms with Gasteiger partial charge in [-0.2, -0.15) is 11.8 Å². The number of rotatable bonds is 13. The summed E-state index contributed by atoms with van der Waals surface area (Å²) in [6.45, 7) is 5.21. The lowest BCUT2D eigenvalue weighted by Gasteiger charge is -2.39. The highest BCUT2D eigenvalue weighted by Crippen LogP contribution is 2.36. The molecule has 0 spiro atoms. The van der Waals surface area contributed by atoms with Crippen molar-refractivity contribution in [3.8, 4) is 5.75 Å². The number of carboxylic acids is 1. The molecule has 1 aromatic carbocycles. The van der Waals surface area contributed by atoms with Crippen LogP contribution in [0.4, 0.5) is 4.39 Å². The summed E-state index contributed by atoms with van der Waals surface area (Å²) in [5.74, 6) is 2.95. The molecular weight excluding hydrogens is 439 g/mol. The maximum Gasteiger partial charge on any atom is 0.303 e. The second-order valence-electron chi connectivity index (χ2n) is 8.92. The molecule has 0 amide bonds. The first-order chi connectivity index (χ1) is 16.0. The fraction of sp³-hybridized carbons (Fsp3) is 0.615. The lowest BCUT2D eigenvalue weighted by Crippen LogP contribution is -2.41. The van der Waals surface area contributed by atoms with Crippen molar-refractivity contribution in [3.63, 3.8) is 0 Å². The van der Waals surface area contributed by atoms with E-state index >= 15 is 4.39 Å². The van der Waals surface area contributed by atoms with E-state index in [1.54, 1.807) is 19.4 Å². The number of piperidine rings is 1. The van der Waals surface area contributed by atoms with Gasteiger partial charge in [-0.05, 0) is 98.4 Å². The van der Waals surface area contributed by atoms with Crippen molar-refractivity contribution in [2.24, 2.45) is 11.8 Å². The van der Waals surface area contributed by atoms with E-state index in [1.165, 1.54) is 12.2 Å². The standard InChI is InChI=1S/C26H37FN2O3S/c1-3-33-16-4-14-29-15-12-19(20(18-29)6-10-26(30)31)5-8-24(27)22-11-13-28-25-9-7-21(32-2)17-23(22)25/h7,9,11,13,17,19-20,24H,3-6,8,10,12,14-16,18H2,1-2H3,(H,30,31)/t19-,20+,24?/m1/s1. The number of benzene rings is 1. The number of carbonyl (C=O) groups is 1. The van der Waals surface area contributed by atoms with Crippen LogP contribution in [0.5, 0.6) is 5.75 Å². The summed E-state index contributed by atoms with van der Waals surface area (Å²) in [7, 11) is 1.61. The fourth-order valence-electron chi connectivity index (χ4n) is 4.97. The van der Waals surface area contributed by atoms with E-state index in [4.69, 9.17) is 4.74 Å². The van der Waals surface area contributed by atoms with Crippen molar-refractivity contribution in [3.05, 3.63) is 36.0 Å². The molecule has 182 valence electrons. The van der Waals surface area contributed by atoms with Gasteiger partial charge in [0.25, 0.3) is 0 Å². The zero-order valence-corrected chi connectivity index (χ0v) is 20.7. The van der Waals surface area contributed by atoms with Gasteiger partial charge in [0, 0.05) is 24.5 Å². The number of alkyl halides is 1. The average molecular weight is 477 g/mol. The molecule has 7 heteroatoms. The van der Waals surface area contributed by atoms with Crippen LogP contribution >= 0.6 is 11.8 Å². The number of thioether (sulfide) groups is 1. The Morgan fingerprint density at radius 3 is 2.94 bits per heavy atom. The lowest BCUT2D eigenvalue weighted by atomic mass is 9.79. The Kier molecular flexibility index (Phi) is 10.3. The number of likely N-dealkylation sites (tertiary alicyclic amines) is 1. The van der Waals surface area contributed by atoms with Crippen molar-refractivity contribution in [1.29, 1.82) is 0 Å². The second kappa shape index (κ2) is 13.1. The van der Waals surface area contributed by atoms with E-state index in [0.717, 1.165) is 49.1 Å². The Bertz CT molecular complexity index is 897. The fourth-order valence-corrected chi connectivity index (χ4v) is 5.59. The minimum Gasteiger partial charge on any atom is -0.497 e. The molecule has 0 bridgehead atoms. The van der Waals surface area contributed by atoms with E-state index in [-0.39, 0.29) is 6.42 Å². The monoisotopic (exact) mass is 476 g/mol. The zero-order valence-electron chi connectivity index (χ0n) is 19.8. The maximum atomic E-state index is 15.4. The first-order valence-electron chi connectivity index (χ1n) is 12.1. The molecule has 33 heavy (non-hydrogen) atoms. The van der Waals surface area contributed by atoms with Gasteiger partial charge in [-0.3, -0.25) is 9.78 Å². The minimum absolute atomic E-state index is 0.189. The van der Waals surface area contributed by atoms with E-state index in [2.05, 4.69) is 16.8 Å². The Hall–Kier alpha value is -1.86. The third-order valence-corrected chi connectivity index (χ3v) is 7.77. The first kappa shape index (κ1) is 25.8. The molecule has 1 N–H and O–H groups in total. The van der Waals surface area contributed by atoms with Crippen LogP contribution in [0, 0.1) is 11.8 Å². The molecule has 2 aromatic rings. The van der Waals surface area contributed by atoms with Crippen molar-refractivity contribution in [1.82, 2.24) is 9.88 Å². The maximum absolute atomic E-state index is 15.4. The Morgan fingerprint density at radius 1 is 1.33 bits per heavy atom. The molecule has 1 fully saturated rings. The molecule has 0 aliphatic carbocycles. The summed E-state index contributed by atoms with van der Waals surface area (Å²) in [5.41, 5.74) is 1.43. The van der Waals surface area contributed by atoms with Gasteiger partial charge < -0.3 is 14.7 Å². The van der Waals surface area contributed by atoms with Crippen molar-refractivity contribution >= 4 is 28.6 Å². The predicted molar refractivity (Wildman–Crippen MR) is 134 cm³/mol. The third kappa shape index (κ3) is 7.57. The average Bonchev–Trinajstić information content (AvgIpc) is 2.83. The molecule has 0 radical (unpaired) electrons. The second-order valence-corrected chi connectivity index (χ2v) is 10.3. The number of hydrogen-bond donors (Lipinski definition) is 1. The number of fused-ring (bicyclic) bond motifs is 1. The molecule has 2 heterocycles. The molecule has 1 saturated heterocycles. The molecule has 0 saturated carbocycles. The summed E-state index contributed by atoms with van der Waals surface area (Å²) in [6, 6.07) is 7.33. The Balaban J connectivity index is 1.62. The predicted octanol–water partition coefficient (Wildman–Crippen LogP) is 5.98. The molecular formula is C26H37FN2O3S. The van der Waals surface area contributed by atoms with Gasteiger partial charge in [-0.25, -0.2) is 4.39 Å². The molecule has 1 unspecified atom stereocenters. The van der Waals surface area contributed by atoms with Crippen LogP contribution in [0.15, 0.2) is 30.5 Å². The molecule has 3 atom stereocenters. The van der Waals surface area contributed by atoms with Gasteiger partial charge in [0.05, 0.1) is 12.6 Å². The zero-order chi connectivity index (χ0) is 23.6. The van der Waals surface area contributed by atoms with Crippen LogP contribution in [-0.2, 0) is 4.79 Å². The van der Waals surface area contributed by atoms with Gasteiger partial charge in [0.2, 0.25) is 0 Å². The number of hydrogen-bond acceptors (Lipinski definition) is 5. The smallest absolute Gasteiger partial charge is 0.303 e. The Labute approximate surface area is 201 Å². The lowest BCUT2D eigenvalue weighted by molar-refractivity contribution is -0.137. The van der Waals surface area contributed by atoms with Gasteiger partial charge >= 0.3 is 5.97 Å². The highest BCUT2D eigenvalue weighted by Gasteiger charge is 2.30. The first-order valence-corrected chi connectivity index (χ1v) is 13.3. The van der Waals surface area contributed by atoms with E-state index in [1.807, 2.05) is 30.0 Å². The number of methoxy groups -OCH3 is 1. The van der Waals surface area contributed by atoms with Gasteiger partial charge in [-0.1, -0.05) is 6.92 Å². The normalized spacial score (nSPS) is 20.1. The molecule has 3 rings (SSSR count). The highest BCUT2D eigenvalue weighted by molar-refractivity contribution is 7.99. The number of nitrogens with zero attached hydrogens (tertiary/aromatic N) is 2. The van der Waals surface area contributed by atoms with E-state index in [9.17, 15) is 9.90 Å². The quantitative estimate of drug-likeness (QED) is 0.359. The molecule has 1 aliphatic rings. The Morgan fingerprint density at radius 2 is 2.18 bits per heavy atom. The van der Waals surface area contributed by atoms with Gasteiger partial charge in [0.15, 0.2) is 0 Å². The van der Waals surface area contributed by atoms with Crippen LogP contribution in [0.1, 0.15) is 57.2 Å². The van der Waals surface area contributed by atoms with Crippen molar-refractivity contribution < 1.29 is 19.0 Å². The number of carboxylic acid groups (broad SMARTS) is 1. The molecule has 1 aromatic heterocycles. The highest BCUT2D eigenvalue weighted by atomic mass is 32.2. The van der Waals surface area contributed by atoms with Crippen molar-refractivity contribution in [2.45, 2.75) is 51.6 Å². The van der Waals surface area contributed by atoms with Crippen LogP contribution < -0.4 is 4.74 Å². The molecule has 1 aliphatic heterocycles.